The topological polar surface area (TPSA) is 58.6 Å². The third-order valence-corrected chi connectivity index (χ3v) is 3.22. The number of carbonyl (C=O) groups is 1. The highest BCUT2D eigenvalue weighted by Gasteiger charge is 2.18. The standard InChI is InChI=1S/C16H16ClNO3/c1-11(16(20)18-13-7-3-2-4-8-13)21-15-12(10-19)6-5-9-14(15)17/h2-9,11,19H,10H2,1H3,(H,18,20). The Hall–Kier alpha value is -2.04. The van der Waals surface area contributed by atoms with Crippen LogP contribution in [0, 0.1) is 0 Å². The summed E-state index contributed by atoms with van der Waals surface area (Å²) in [5.74, 6) is 0.0439. The molecule has 2 aromatic rings. The smallest absolute Gasteiger partial charge is 0.265 e. The zero-order valence-corrected chi connectivity index (χ0v) is 12.3. The minimum Gasteiger partial charge on any atom is -0.479 e. The molecular formula is C16H16ClNO3. The van der Waals surface area contributed by atoms with E-state index in [9.17, 15) is 9.90 Å². The van der Waals surface area contributed by atoms with Gasteiger partial charge in [-0.25, -0.2) is 0 Å². The summed E-state index contributed by atoms with van der Waals surface area (Å²) < 4.78 is 5.60. The molecule has 0 fully saturated rings. The number of aliphatic hydroxyl groups is 1. The number of carbonyl (C=O) groups excluding carboxylic acids is 1. The minimum absolute atomic E-state index is 0.205. The lowest BCUT2D eigenvalue weighted by Gasteiger charge is -2.17. The fourth-order valence-corrected chi connectivity index (χ4v) is 2.04. The van der Waals surface area contributed by atoms with E-state index in [1.165, 1.54) is 0 Å². The van der Waals surface area contributed by atoms with E-state index in [0.717, 1.165) is 0 Å². The quantitative estimate of drug-likeness (QED) is 0.891. The summed E-state index contributed by atoms with van der Waals surface area (Å²) in [5.41, 5.74) is 1.24. The van der Waals surface area contributed by atoms with Crippen LogP contribution in [-0.4, -0.2) is 17.1 Å². The van der Waals surface area contributed by atoms with Crippen LogP contribution in [0.15, 0.2) is 48.5 Å². The predicted octanol–water partition coefficient (Wildman–Crippen LogP) is 3.24. The zero-order valence-electron chi connectivity index (χ0n) is 11.5. The van der Waals surface area contributed by atoms with Gasteiger partial charge >= 0.3 is 0 Å². The lowest BCUT2D eigenvalue weighted by atomic mass is 10.2. The molecule has 21 heavy (non-hydrogen) atoms. The number of ether oxygens (including phenoxy) is 1. The molecule has 4 nitrogen and oxygen atoms in total. The first kappa shape index (κ1) is 15.4. The lowest BCUT2D eigenvalue weighted by Crippen LogP contribution is -2.30. The molecule has 0 saturated heterocycles. The van der Waals surface area contributed by atoms with Crippen LogP contribution >= 0.6 is 11.6 Å². The number of nitrogens with one attached hydrogen (secondary N) is 1. The van der Waals surface area contributed by atoms with Gasteiger partial charge in [0.15, 0.2) is 6.10 Å². The summed E-state index contributed by atoms with van der Waals surface area (Å²) in [5, 5.41) is 12.4. The van der Waals surface area contributed by atoms with Gasteiger partial charge in [-0.15, -0.1) is 0 Å². The maximum absolute atomic E-state index is 12.1. The molecule has 110 valence electrons. The molecule has 0 aliphatic carbocycles. The molecule has 1 amide bonds. The van der Waals surface area contributed by atoms with Gasteiger partial charge in [-0.1, -0.05) is 41.9 Å². The summed E-state index contributed by atoms with van der Waals surface area (Å²) in [6.45, 7) is 1.42. The average molecular weight is 306 g/mol. The Bertz CT molecular complexity index is 616. The third kappa shape index (κ3) is 3.97. The van der Waals surface area contributed by atoms with Gasteiger partial charge in [0.05, 0.1) is 11.6 Å². The molecule has 2 N–H and O–H groups in total. The molecule has 0 spiro atoms. The van der Waals surface area contributed by atoms with E-state index < -0.39 is 6.10 Å². The van der Waals surface area contributed by atoms with Gasteiger partial charge in [-0.05, 0) is 25.1 Å². The summed E-state index contributed by atoms with van der Waals surface area (Å²) >= 11 is 6.05. The van der Waals surface area contributed by atoms with Gasteiger partial charge in [-0.2, -0.15) is 0 Å². The molecular weight excluding hydrogens is 290 g/mol. The van der Waals surface area contributed by atoms with E-state index in [1.54, 1.807) is 37.3 Å². The van der Waals surface area contributed by atoms with E-state index in [2.05, 4.69) is 5.32 Å². The van der Waals surface area contributed by atoms with Crippen molar-refractivity contribution >= 4 is 23.2 Å². The fraction of sp³-hybridized carbons (Fsp3) is 0.188. The zero-order chi connectivity index (χ0) is 15.2. The van der Waals surface area contributed by atoms with Gasteiger partial charge < -0.3 is 15.2 Å². The van der Waals surface area contributed by atoms with Crippen LogP contribution in [0.3, 0.4) is 0 Å². The Kier molecular flexibility index (Phi) is 5.20. The van der Waals surface area contributed by atoms with Crippen molar-refractivity contribution in [1.29, 1.82) is 0 Å². The molecule has 0 aromatic heterocycles. The normalized spacial score (nSPS) is 11.8. The Balaban J connectivity index is 2.08. The highest BCUT2D eigenvalue weighted by atomic mass is 35.5. The Morgan fingerprint density at radius 2 is 1.95 bits per heavy atom. The summed E-state index contributed by atoms with van der Waals surface area (Å²) in [6, 6.07) is 14.2. The highest BCUT2D eigenvalue weighted by molar-refractivity contribution is 6.32. The second-order valence-corrected chi connectivity index (χ2v) is 4.91. The first-order chi connectivity index (χ1) is 10.1. The number of para-hydroxylation sites is 2. The monoisotopic (exact) mass is 305 g/mol. The van der Waals surface area contributed by atoms with E-state index in [0.29, 0.717) is 22.0 Å². The molecule has 0 saturated carbocycles. The first-order valence-electron chi connectivity index (χ1n) is 6.52. The fourth-order valence-electron chi connectivity index (χ4n) is 1.81. The number of anilines is 1. The molecule has 0 heterocycles. The third-order valence-electron chi connectivity index (χ3n) is 2.92. The second-order valence-electron chi connectivity index (χ2n) is 4.50. The van der Waals surface area contributed by atoms with Crippen molar-refractivity contribution in [3.05, 3.63) is 59.1 Å². The number of rotatable bonds is 5. The SMILES string of the molecule is CC(Oc1c(Cl)cccc1CO)C(=O)Nc1ccccc1. The Morgan fingerprint density at radius 3 is 2.62 bits per heavy atom. The molecule has 1 unspecified atom stereocenters. The van der Waals surface area contributed by atoms with Crippen molar-refractivity contribution in [3.8, 4) is 5.75 Å². The molecule has 0 bridgehead atoms. The van der Waals surface area contributed by atoms with Crippen LogP contribution in [0.2, 0.25) is 5.02 Å². The summed E-state index contributed by atoms with van der Waals surface area (Å²) in [7, 11) is 0. The van der Waals surface area contributed by atoms with E-state index in [-0.39, 0.29) is 12.5 Å². The predicted molar refractivity (Wildman–Crippen MR) is 82.5 cm³/mol. The van der Waals surface area contributed by atoms with Crippen molar-refractivity contribution in [2.75, 3.05) is 5.32 Å². The molecule has 1 atom stereocenters. The molecule has 2 rings (SSSR count). The molecule has 0 radical (unpaired) electrons. The van der Waals surface area contributed by atoms with Gasteiger partial charge in [-0.3, -0.25) is 4.79 Å². The van der Waals surface area contributed by atoms with Crippen LogP contribution in [-0.2, 0) is 11.4 Å². The van der Waals surface area contributed by atoms with Crippen molar-refractivity contribution in [2.24, 2.45) is 0 Å². The number of hydrogen-bond acceptors (Lipinski definition) is 3. The summed E-state index contributed by atoms with van der Waals surface area (Å²) in [4.78, 5) is 12.1. The van der Waals surface area contributed by atoms with E-state index in [4.69, 9.17) is 16.3 Å². The van der Waals surface area contributed by atoms with Crippen LogP contribution in [0.1, 0.15) is 12.5 Å². The number of aliphatic hydroxyl groups excluding tert-OH is 1. The largest absolute Gasteiger partial charge is 0.479 e. The van der Waals surface area contributed by atoms with Gasteiger partial charge in [0, 0.05) is 11.3 Å². The Labute approximate surface area is 128 Å². The molecule has 2 aromatic carbocycles. The Morgan fingerprint density at radius 1 is 1.24 bits per heavy atom. The van der Waals surface area contributed by atoms with Crippen LogP contribution in [0.25, 0.3) is 0 Å². The van der Waals surface area contributed by atoms with Crippen molar-refractivity contribution in [1.82, 2.24) is 0 Å². The molecule has 5 heteroatoms. The van der Waals surface area contributed by atoms with Crippen LogP contribution in [0.4, 0.5) is 5.69 Å². The minimum atomic E-state index is -0.740. The van der Waals surface area contributed by atoms with E-state index >= 15 is 0 Å². The van der Waals surface area contributed by atoms with Gasteiger partial charge in [0.25, 0.3) is 5.91 Å². The number of amides is 1. The maximum Gasteiger partial charge on any atom is 0.265 e. The number of hydrogen-bond donors (Lipinski definition) is 2. The average Bonchev–Trinajstić information content (AvgIpc) is 2.50. The first-order valence-corrected chi connectivity index (χ1v) is 6.90. The van der Waals surface area contributed by atoms with Gasteiger partial charge in [0.2, 0.25) is 0 Å². The lowest BCUT2D eigenvalue weighted by molar-refractivity contribution is -0.122. The summed E-state index contributed by atoms with van der Waals surface area (Å²) in [6.07, 6.45) is -0.740. The molecule has 0 aliphatic heterocycles. The maximum atomic E-state index is 12.1. The highest BCUT2D eigenvalue weighted by Crippen LogP contribution is 2.29. The number of benzene rings is 2. The number of halogens is 1. The van der Waals surface area contributed by atoms with Crippen molar-refractivity contribution < 1.29 is 14.6 Å². The van der Waals surface area contributed by atoms with E-state index in [1.807, 2.05) is 18.2 Å². The van der Waals surface area contributed by atoms with Crippen LogP contribution in [0.5, 0.6) is 5.75 Å². The van der Waals surface area contributed by atoms with Gasteiger partial charge in [0.1, 0.15) is 5.75 Å². The second kappa shape index (κ2) is 7.11. The van der Waals surface area contributed by atoms with Crippen LogP contribution < -0.4 is 10.1 Å². The van der Waals surface area contributed by atoms with Crippen molar-refractivity contribution in [3.63, 3.8) is 0 Å². The molecule has 0 aliphatic rings. The van der Waals surface area contributed by atoms with Crippen molar-refractivity contribution in [2.45, 2.75) is 19.6 Å².